The first-order chi connectivity index (χ1) is 11.5. The van der Waals surface area contributed by atoms with Gasteiger partial charge in [0.25, 0.3) is 0 Å². The van der Waals surface area contributed by atoms with Crippen molar-refractivity contribution in [3.05, 3.63) is 60.4 Å². The van der Waals surface area contributed by atoms with Gasteiger partial charge in [0.1, 0.15) is 25.0 Å². The first-order valence-electron chi connectivity index (χ1n) is 7.90. The second-order valence-electron chi connectivity index (χ2n) is 5.91. The van der Waals surface area contributed by atoms with E-state index in [1.807, 2.05) is 46.8 Å². The second-order valence-corrected chi connectivity index (χ2v) is 5.91. The van der Waals surface area contributed by atoms with Gasteiger partial charge in [0.2, 0.25) is 6.33 Å². The molecule has 0 bridgehead atoms. The van der Waals surface area contributed by atoms with Crippen LogP contribution in [0.25, 0.3) is 11.0 Å². The Hall–Kier alpha value is -1.93. The van der Waals surface area contributed by atoms with Gasteiger partial charge in [-0.15, -0.1) is 0 Å². The van der Waals surface area contributed by atoms with Gasteiger partial charge in [-0.2, -0.15) is 0 Å². The summed E-state index contributed by atoms with van der Waals surface area (Å²) >= 11 is 0. The number of ether oxygens (including phenoxy) is 1. The van der Waals surface area contributed by atoms with Crippen molar-refractivity contribution in [2.24, 2.45) is 7.05 Å². The number of hydrogen-bond donors (Lipinski definition) is 1. The fourth-order valence-corrected chi connectivity index (χ4v) is 2.74. The molecule has 2 aromatic carbocycles. The topological polar surface area (TPSA) is 55.3 Å². The Morgan fingerprint density at radius 1 is 1.20 bits per heavy atom. The van der Waals surface area contributed by atoms with Crippen LogP contribution in [-0.2, 0) is 13.6 Å². The minimum Gasteiger partial charge on any atom is -1.00 e. The van der Waals surface area contributed by atoms with Gasteiger partial charge in [-0.1, -0.05) is 12.1 Å². The van der Waals surface area contributed by atoms with Crippen LogP contribution in [0, 0.1) is 0 Å². The number of aryl methyl sites for hydroxylation is 1. The molecule has 0 radical (unpaired) electrons. The number of rotatable bonds is 6. The highest BCUT2D eigenvalue weighted by molar-refractivity contribution is 5.94. The number of aliphatic hydroxyl groups excluding tert-OH is 1. The third kappa shape index (κ3) is 4.58. The maximum Gasteiger partial charge on any atom is 0.244 e. The molecule has 1 atom stereocenters. The number of nitrogens with zero attached hydrogens (tertiary/aromatic N) is 2. The van der Waals surface area contributed by atoms with E-state index >= 15 is 0 Å². The van der Waals surface area contributed by atoms with E-state index in [9.17, 15) is 9.90 Å². The molecule has 25 heavy (non-hydrogen) atoms. The molecular formula is C19H21IN2O3. The minimum atomic E-state index is -0.631. The van der Waals surface area contributed by atoms with Crippen LogP contribution in [0.3, 0.4) is 0 Å². The third-order valence-corrected chi connectivity index (χ3v) is 3.99. The van der Waals surface area contributed by atoms with Crippen LogP contribution in [0.15, 0.2) is 54.9 Å². The molecule has 0 spiro atoms. The molecule has 0 saturated carbocycles. The smallest absolute Gasteiger partial charge is 0.244 e. The van der Waals surface area contributed by atoms with Crippen LogP contribution >= 0.6 is 0 Å². The predicted molar refractivity (Wildman–Crippen MR) is 91.1 cm³/mol. The lowest BCUT2D eigenvalue weighted by atomic mass is 10.1. The van der Waals surface area contributed by atoms with Crippen LogP contribution in [0.2, 0.25) is 0 Å². The quantitative estimate of drug-likeness (QED) is 0.300. The van der Waals surface area contributed by atoms with Crippen molar-refractivity contribution in [3.63, 3.8) is 0 Å². The number of Topliss-reactive ketones (excluding diaryl/α,β-unsaturated/α-hetero) is 1. The number of aliphatic hydroxyl groups is 1. The number of carbonyl (C=O) groups excluding carboxylic acids is 1. The molecule has 3 rings (SSSR count). The van der Waals surface area contributed by atoms with Crippen molar-refractivity contribution < 1.29 is 43.2 Å². The first-order valence-corrected chi connectivity index (χ1v) is 7.90. The van der Waals surface area contributed by atoms with Gasteiger partial charge in [0.05, 0.1) is 7.05 Å². The zero-order valence-corrected chi connectivity index (χ0v) is 16.4. The molecule has 1 N–H and O–H groups in total. The zero-order valence-electron chi connectivity index (χ0n) is 14.2. The number of para-hydroxylation sites is 2. The van der Waals surface area contributed by atoms with Gasteiger partial charge in [-0.05, 0) is 43.3 Å². The molecule has 132 valence electrons. The van der Waals surface area contributed by atoms with Crippen molar-refractivity contribution >= 4 is 16.8 Å². The average Bonchev–Trinajstić information content (AvgIpc) is 2.90. The van der Waals surface area contributed by atoms with Gasteiger partial charge >= 0.3 is 0 Å². The fraction of sp³-hybridized carbons (Fsp3) is 0.263. The molecule has 1 unspecified atom stereocenters. The summed E-state index contributed by atoms with van der Waals surface area (Å²) in [6.45, 7) is 2.17. The van der Waals surface area contributed by atoms with Gasteiger partial charge in [-0.3, -0.25) is 4.79 Å². The molecule has 1 heterocycles. The molecule has 0 amide bonds. The largest absolute Gasteiger partial charge is 1.00 e. The van der Waals surface area contributed by atoms with E-state index in [0.29, 0.717) is 17.9 Å². The molecule has 0 saturated heterocycles. The van der Waals surface area contributed by atoms with Crippen LogP contribution in [0.1, 0.15) is 17.3 Å². The molecule has 5 nitrogen and oxygen atoms in total. The summed E-state index contributed by atoms with van der Waals surface area (Å²) in [6.07, 6.45) is 1.34. The number of fused-ring (bicyclic) bond motifs is 1. The van der Waals surface area contributed by atoms with E-state index in [1.165, 1.54) is 6.92 Å². The van der Waals surface area contributed by atoms with Gasteiger partial charge in [0, 0.05) is 5.56 Å². The van der Waals surface area contributed by atoms with Gasteiger partial charge < -0.3 is 33.8 Å². The fourth-order valence-electron chi connectivity index (χ4n) is 2.74. The number of benzene rings is 2. The highest BCUT2D eigenvalue weighted by Gasteiger charge is 2.16. The van der Waals surface area contributed by atoms with E-state index in [1.54, 1.807) is 24.3 Å². The first kappa shape index (κ1) is 19.4. The minimum absolute atomic E-state index is 0. The lowest BCUT2D eigenvalue weighted by molar-refractivity contribution is -0.645. The Kier molecular flexibility index (Phi) is 6.55. The van der Waals surface area contributed by atoms with Crippen LogP contribution in [0.4, 0.5) is 0 Å². The number of hydrogen-bond acceptors (Lipinski definition) is 3. The van der Waals surface area contributed by atoms with Crippen LogP contribution in [-0.4, -0.2) is 28.2 Å². The number of aromatic nitrogens is 2. The summed E-state index contributed by atoms with van der Waals surface area (Å²) in [5, 5.41) is 10.3. The number of ketones is 1. The number of imidazole rings is 1. The standard InChI is InChI=1S/C19H21N2O3.HI/c1-14(22)15-7-9-17(10-8-15)24-12-16(23)11-21-13-20(2)18-5-3-4-6-19(18)21;/h3-10,13,16,23H,11-12H2,1-2H3;1H/q+1;/p-1. The van der Waals surface area contributed by atoms with Crippen LogP contribution in [0.5, 0.6) is 5.75 Å². The second kappa shape index (κ2) is 8.44. The zero-order chi connectivity index (χ0) is 17.1. The summed E-state index contributed by atoms with van der Waals surface area (Å²) in [5.41, 5.74) is 2.84. The summed E-state index contributed by atoms with van der Waals surface area (Å²) < 4.78 is 9.66. The molecule has 6 heteroatoms. The van der Waals surface area contributed by atoms with Crippen molar-refractivity contribution in [2.75, 3.05) is 6.61 Å². The van der Waals surface area contributed by atoms with E-state index in [2.05, 4.69) is 0 Å². The van der Waals surface area contributed by atoms with Crippen molar-refractivity contribution in [1.29, 1.82) is 0 Å². The van der Waals surface area contributed by atoms with Crippen molar-refractivity contribution in [1.82, 2.24) is 4.57 Å². The van der Waals surface area contributed by atoms with Crippen molar-refractivity contribution in [3.8, 4) is 5.75 Å². The Balaban J connectivity index is 0.00000225. The van der Waals surface area contributed by atoms with Gasteiger partial charge in [0.15, 0.2) is 16.8 Å². The molecule has 0 aliphatic rings. The molecule has 0 aliphatic carbocycles. The molecule has 1 aromatic heterocycles. The Labute approximate surface area is 163 Å². The summed E-state index contributed by atoms with van der Waals surface area (Å²) in [6, 6.07) is 15.0. The number of carbonyl (C=O) groups is 1. The third-order valence-electron chi connectivity index (χ3n) is 3.99. The molecule has 3 aromatic rings. The van der Waals surface area contributed by atoms with E-state index in [-0.39, 0.29) is 36.4 Å². The molecule has 0 fully saturated rings. The molecular weight excluding hydrogens is 431 g/mol. The van der Waals surface area contributed by atoms with Crippen LogP contribution < -0.4 is 33.3 Å². The van der Waals surface area contributed by atoms with Crippen molar-refractivity contribution in [2.45, 2.75) is 19.6 Å². The van der Waals surface area contributed by atoms with E-state index in [0.717, 1.165) is 11.0 Å². The highest BCUT2D eigenvalue weighted by atomic mass is 127. The Morgan fingerprint density at radius 2 is 1.88 bits per heavy atom. The normalized spacial score (nSPS) is 11.8. The predicted octanol–water partition coefficient (Wildman–Crippen LogP) is -0.888. The Bertz CT molecular complexity index is 859. The van der Waals surface area contributed by atoms with E-state index in [4.69, 9.17) is 4.74 Å². The summed E-state index contributed by atoms with van der Waals surface area (Å²) in [7, 11) is 1.98. The summed E-state index contributed by atoms with van der Waals surface area (Å²) in [4.78, 5) is 11.2. The Morgan fingerprint density at radius 3 is 2.56 bits per heavy atom. The maximum absolute atomic E-state index is 11.2. The molecule has 0 aliphatic heterocycles. The van der Waals surface area contributed by atoms with Gasteiger partial charge in [-0.25, -0.2) is 9.13 Å². The monoisotopic (exact) mass is 452 g/mol. The lowest BCUT2D eigenvalue weighted by Crippen LogP contribution is -3.00. The average molecular weight is 452 g/mol. The highest BCUT2D eigenvalue weighted by Crippen LogP contribution is 2.14. The summed E-state index contributed by atoms with van der Waals surface area (Å²) in [5.74, 6) is 0.663. The number of halogens is 1. The lowest BCUT2D eigenvalue weighted by Gasteiger charge is -2.11. The van der Waals surface area contributed by atoms with E-state index < -0.39 is 6.10 Å². The maximum atomic E-state index is 11.2. The SMILES string of the molecule is CC(=O)c1ccc(OCC(O)Cn2c[n+](C)c3ccccc32)cc1.[I-].